The number of ether oxygens (including phenoxy) is 1. The highest BCUT2D eigenvalue weighted by molar-refractivity contribution is 6.00. The van der Waals surface area contributed by atoms with E-state index in [4.69, 9.17) is 4.74 Å². The van der Waals surface area contributed by atoms with Gasteiger partial charge < -0.3 is 31.3 Å². The summed E-state index contributed by atoms with van der Waals surface area (Å²) in [5.41, 5.74) is 2.52. The molecule has 3 rings (SSSR count). The molecule has 3 heterocycles. The largest absolute Gasteiger partial charge is 0.381 e. The fraction of sp³-hybridized carbons (Fsp3) is 0.714. The summed E-state index contributed by atoms with van der Waals surface area (Å²) in [5.74, 6) is 1.31. The second-order valence-electron chi connectivity index (χ2n) is 7.87. The number of pyridine rings is 1. The molecule has 0 saturated carbocycles. The van der Waals surface area contributed by atoms with E-state index >= 15 is 0 Å². The third kappa shape index (κ3) is 6.04. The molecule has 0 spiro atoms. The summed E-state index contributed by atoms with van der Waals surface area (Å²) in [5, 5.41) is 16.7. The van der Waals surface area contributed by atoms with Crippen molar-refractivity contribution >= 4 is 17.4 Å². The Hall–Kier alpha value is -1.90. The van der Waals surface area contributed by atoms with Crippen molar-refractivity contribution < 1.29 is 9.53 Å². The zero-order valence-electron chi connectivity index (χ0n) is 17.8. The molecule has 2 saturated heterocycles. The van der Waals surface area contributed by atoms with Gasteiger partial charge in [-0.05, 0) is 58.7 Å². The molecule has 0 aliphatic carbocycles. The summed E-state index contributed by atoms with van der Waals surface area (Å²) in [6.45, 7) is 7.75. The summed E-state index contributed by atoms with van der Waals surface area (Å²) in [6, 6.07) is 0.298. The summed E-state index contributed by atoms with van der Waals surface area (Å²) in [6.07, 6.45) is 5.80. The molecule has 8 heteroatoms. The van der Waals surface area contributed by atoms with Crippen LogP contribution in [-0.4, -0.2) is 63.4 Å². The van der Waals surface area contributed by atoms with Crippen molar-refractivity contribution in [3.8, 4) is 0 Å². The topological polar surface area (TPSA) is 99.3 Å². The van der Waals surface area contributed by atoms with E-state index in [-0.39, 0.29) is 5.91 Å². The van der Waals surface area contributed by atoms with Crippen LogP contribution in [0.1, 0.15) is 48.5 Å². The highest BCUT2D eigenvalue weighted by atomic mass is 16.5. The van der Waals surface area contributed by atoms with Crippen LogP contribution in [0.3, 0.4) is 0 Å². The Morgan fingerprint density at radius 3 is 2.69 bits per heavy atom. The Morgan fingerprint density at radius 1 is 1.24 bits per heavy atom. The van der Waals surface area contributed by atoms with E-state index < -0.39 is 0 Å². The van der Waals surface area contributed by atoms with Crippen LogP contribution < -0.4 is 26.6 Å². The van der Waals surface area contributed by atoms with Crippen molar-refractivity contribution in [2.75, 3.05) is 57.1 Å². The molecule has 5 N–H and O–H groups in total. The van der Waals surface area contributed by atoms with E-state index in [1.807, 2.05) is 7.05 Å². The quantitative estimate of drug-likeness (QED) is 0.426. The molecule has 29 heavy (non-hydrogen) atoms. The van der Waals surface area contributed by atoms with Gasteiger partial charge in [-0.3, -0.25) is 4.79 Å². The third-order valence-corrected chi connectivity index (χ3v) is 5.70. The van der Waals surface area contributed by atoms with E-state index in [9.17, 15) is 4.79 Å². The Bertz CT molecular complexity index is 657. The lowest BCUT2D eigenvalue weighted by atomic mass is 9.98. The molecule has 1 amide bonds. The number of hydrogen-bond acceptors (Lipinski definition) is 7. The van der Waals surface area contributed by atoms with E-state index in [1.54, 1.807) is 6.20 Å². The van der Waals surface area contributed by atoms with Gasteiger partial charge in [0.15, 0.2) is 0 Å². The van der Waals surface area contributed by atoms with Crippen molar-refractivity contribution in [1.82, 2.24) is 20.9 Å². The van der Waals surface area contributed by atoms with Crippen molar-refractivity contribution in [1.29, 1.82) is 0 Å². The number of aromatic nitrogens is 1. The maximum absolute atomic E-state index is 13.1. The summed E-state index contributed by atoms with van der Waals surface area (Å²) >= 11 is 0. The number of nitrogens with one attached hydrogen (secondary N) is 5. The second kappa shape index (κ2) is 11.3. The number of anilines is 2. The van der Waals surface area contributed by atoms with Gasteiger partial charge in [-0.25, -0.2) is 4.98 Å². The van der Waals surface area contributed by atoms with Crippen LogP contribution in [0.15, 0.2) is 6.20 Å². The van der Waals surface area contributed by atoms with Crippen molar-refractivity contribution in [2.45, 2.75) is 45.2 Å². The van der Waals surface area contributed by atoms with Gasteiger partial charge in [-0.1, -0.05) is 0 Å². The first-order valence-corrected chi connectivity index (χ1v) is 11.0. The van der Waals surface area contributed by atoms with E-state index in [0.29, 0.717) is 30.6 Å². The summed E-state index contributed by atoms with van der Waals surface area (Å²) in [7, 11) is 1.91. The first-order chi connectivity index (χ1) is 14.2. The van der Waals surface area contributed by atoms with Crippen LogP contribution in [0.4, 0.5) is 11.5 Å². The highest BCUT2D eigenvalue weighted by Gasteiger charge is 2.23. The number of carbonyl (C=O) groups is 1. The molecule has 1 aromatic rings. The molecule has 8 nitrogen and oxygen atoms in total. The molecule has 2 aliphatic rings. The van der Waals surface area contributed by atoms with E-state index in [2.05, 4.69) is 38.5 Å². The fourth-order valence-corrected chi connectivity index (χ4v) is 4.02. The predicted molar refractivity (Wildman–Crippen MR) is 117 cm³/mol. The van der Waals surface area contributed by atoms with Crippen molar-refractivity contribution in [2.24, 2.45) is 5.92 Å². The fourth-order valence-electron chi connectivity index (χ4n) is 4.02. The summed E-state index contributed by atoms with van der Waals surface area (Å²) in [4.78, 5) is 17.7. The smallest absolute Gasteiger partial charge is 0.254 e. The molecular formula is C21H36N6O2. The lowest BCUT2D eigenvalue weighted by Crippen LogP contribution is -2.37. The maximum Gasteiger partial charge on any atom is 0.254 e. The van der Waals surface area contributed by atoms with Gasteiger partial charge >= 0.3 is 0 Å². The second-order valence-corrected chi connectivity index (χ2v) is 7.87. The predicted octanol–water partition coefficient (Wildman–Crippen LogP) is 1.55. The highest BCUT2D eigenvalue weighted by Crippen LogP contribution is 2.29. The van der Waals surface area contributed by atoms with Crippen LogP contribution in [0, 0.1) is 5.92 Å². The van der Waals surface area contributed by atoms with Gasteiger partial charge in [0.05, 0.1) is 11.3 Å². The van der Waals surface area contributed by atoms with Gasteiger partial charge in [0.25, 0.3) is 5.91 Å². The zero-order chi connectivity index (χ0) is 20.5. The van der Waals surface area contributed by atoms with Crippen molar-refractivity contribution in [3.05, 3.63) is 17.3 Å². The van der Waals surface area contributed by atoms with E-state index in [0.717, 1.165) is 75.6 Å². The Morgan fingerprint density at radius 2 is 2.00 bits per heavy atom. The lowest BCUT2D eigenvalue weighted by Gasteiger charge is -2.28. The van der Waals surface area contributed by atoms with Gasteiger partial charge in [0.1, 0.15) is 5.82 Å². The Labute approximate surface area is 174 Å². The average Bonchev–Trinajstić information content (AvgIpc) is 2.76. The normalized spacial score (nSPS) is 18.4. The molecule has 1 aromatic heterocycles. The minimum atomic E-state index is -0.0500. The van der Waals surface area contributed by atoms with Gasteiger partial charge in [-0.2, -0.15) is 0 Å². The number of carbonyl (C=O) groups excluding carboxylic acids is 1. The molecule has 2 aliphatic heterocycles. The molecular weight excluding hydrogens is 368 g/mol. The van der Waals surface area contributed by atoms with Crippen molar-refractivity contribution in [3.63, 3.8) is 0 Å². The molecule has 0 unspecified atom stereocenters. The lowest BCUT2D eigenvalue weighted by molar-refractivity contribution is 0.0903. The van der Waals surface area contributed by atoms with Crippen LogP contribution in [-0.2, 0) is 11.3 Å². The Kier molecular flexibility index (Phi) is 8.52. The zero-order valence-corrected chi connectivity index (χ0v) is 17.8. The number of hydrogen-bond donors (Lipinski definition) is 5. The van der Waals surface area contributed by atoms with Crippen LogP contribution in [0.25, 0.3) is 0 Å². The van der Waals surface area contributed by atoms with Crippen LogP contribution in [0.2, 0.25) is 0 Å². The first-order valence-electron chi connectivity index (χ1n) is 11.0. The number of piperidine rings is 1. The molecule has 0 aromatic carbocycles. The third-order valence-electron chi connectivity index (χ3n) is 5.70. The monoisotopic (exact) mass is 404 g/mol. The van der Waals surface area contributed by atoms with Gasteiger partial charge in [0, 0.05) is 50.7 Å². The number of rotatable bonds is 9. The SMILES string of the molecule is CCNc1ncc(C(=O)NCC2CCNCC2)c(NC2CCOCC2)c1CNC. The van der Waals surface area contributed by atoms with Gasteiger partial charge in [0.2, 0.25) is 0 Å². The molecule has 2 fully saturated rings. The van der Waals surface area contributed by atoms with Gasteiger partial charge in [-0.15, -0.1) is 0 Å². The first kappa shape index (κ1) is 21.8. The summed E-state index contributed by atoms with van der Waals surface area (Å²) < 4.78 is 5.50. The standard InChI is InChI=1S/C21H36N6O2/c1-3-24-20-17(13-22-2)19(27-16-6-10-29-11-7-16)18(14-25-20)21(28)26-12-15-4-8-23-9-5-15/h14-16,22-23H,3-13H2,1-2H3,(H,26,28)(H2,24,25,27). The van der Waals surface area contributed by atoms with Crippen LogP contribution >= 0.6 is 0 Å². The average molecular weight is 405 g/mol. The molecule has 0 bridgehead atoms. The molecule has 0 radical (unpaired) electrons. The van der Waals surface area contributed by atoms with E-state index in [1.165, 1.54) is 0 Å². The minimum absolute atomic E-state index is 0.0500. The van der Waals surface area contributed by atoms with Crippen LogP contribution in [0.5, 0.6) is 0 Å². The minimum Gasteiger partial charge on any atom is -0.381 e. The molecule has 162 valence electrons. The Balaban J connectivity index is 1.82. The number of nitrogens with zero attached hydrogens (tertiary/aromatic N) is 1. The molecule has 0 atom stereocenters. The maximum atomic E-state index is 13.1. The number of amides is 1.